The summed E-state index contributed by atoms with van der Waals surface area (Å²) >= 11 is 0. The van der Waals surface area contributed by atoms with Crippen molar-refractivity contribution in [3.05, 3.63) is 58.4 Å². The van der Waals surface area contributed by atoms with Crippen LogP contribution in [0.25, 0.3) is 0 Å². The van der Waals surface area contributed by atoms with Gasteiger partial charge in [-0.3, -0.25) is 6.08 Å². The smallest absolute Gasteiger partial charge is 0.358 e. The molecule has 90 valence electrons. The second-order valence-electron chi connectivity index (χ2n) is 3.57. The first-order chi connectivity index (χ1) is 5.17. The van der Waals surface area contributed by atoms with Crippen molar-refractivity contribution < 1.29 is 21.1 Å². The summed E-state index contributed by atoms with van der Waals surface area (Å²) in [6.45, 7) is 8.52. The molecule has 2 heteroatoms. The predicted octanol–water partition coefficient (Wildman–Crippen LogP) is 4.46. The van der Waals surface area contributed by atoms with Crippen LogP contribution >= 0.6 is 0 Å². The van der Waals surface area contributed by atoms with Crippen LogP contribution in [0, 0.1) is 28.4 Å². The standard InChI is InChI=1S/C10H15Si.3CH3.Pt/c1-4-9-11(2,3)10-7-5-6-8-10;;;;/h4-5,7H,1,6,9H2,2-3H3;3*1H3;/q4*-1;+4. The maximum atomic E-state index is 3.79. The summed E-state index contributed by atoms with van der Waals surface area (Å²) in [6.07, 6.45) is 10.9. The van der Waals surface area contributed by atoms with E-state index in [-0.39, 0.29) is 43.3 Å². The molecule has 0 atom stereocenters. The van der Waals surface area contributed by atoms with Crippen molar-refractivity contribution in [2.24, 2.45) is 0 Å². The molecule has 15 heavy (non-hydrogen) atoms. The predicted molar refractivity (Wildman–Crippen MR) is 72.2 cm³/mol. The van der Waals surface area contributed by atoms with Gasteiger partial charge in [0, 0.05) is 8.07 Å². The molecule has 0 bridgehead atoms. The topological polar surface area (TPSA) is 0 Å². The Hall–Kier alpha value is 0.125. The zero-order valence-corrected chi connectivity index (χ0v) is 13.9. The quantitative estimate of drug-likeness (QED) is 0.371. The molecule has 0 unspecified atom stereocenters. The zero-order chi connectivity index (χ0) is 8.32. The van der Waals surface area contributed by atoms with E-state index < -0.39 is 8.07 Å². The van der Waals surface area contributed by atoms with E-state index in [9.17, 15) is 0 Å². The Balaban J connectivity index is -0.000000151. The van der Waals surface area contributed by atoms with E-state index in [1.807, 2.05) is 6.08 Å². The van der Waals surface area contributed by atoms with Crippen LogP contribution in [0.4, 0.5) is 0 Å². The van der Waals surface area contributed by atoms with Gasteiger partial charge in [0.05, 0.1) is 0 Å². The Morgan fingerprint density at radius 1 is 1.40 bits per heavy atom. The fourth-order valence-corrected chi connectivity index (χ4v) is 3.43. The molecular formula is C13H24PtSi. The van der Waals surface area contributed by atoms with E-state index in [4.69, 9.17) is 0 Å². The maximum Gasteiger partial charge on any atom is 4.00 e. The Morgan fingerprint density at radius 2 is 1.93 bits per heavy atom. The van der Waals surface area contributed by atoms with Crippen LogP contribution in [0.5, 0.6) is 0 Å². The normalized spacial score (nSPS) is 12.3. The fourth-order valence-electron chi connectivity index (χ4n) is 1.34. The van der Waals surface area contributed by atoms with Gasteiger partial charge in [-0.15, -0.1) is 13.0 Å². The fraction of sp³-hybridized carbons (Fsp3) is 0.308. The van der Waals surface area contributed by atoms with E-state index in [0.717, 1.165) is 6.42 Å². The summed E-state index contributed by atoms with van der Waals surface area (Å²) in [5, 5.41) is 1.47. The third kappa shape index (κ3) is 7.08. The Labute approximate surface area is 113 Å². The monoisotopic (exact) mass is 403 g/mol. The molecule has 0 spiro atoms. The second-order valence-corrected chi connectivity index (χ2v) is 8.29. The summed E-state index contributed by atoms with van der Waals surface area (Å²) in [7, 11) is -1.17. The van der Waals surface area contributed by atoms with Crippen LogP contribution < -0.4 is 0 Å². The summed E-state index contributed by atoms with van der Waals surface area (Å²) in [5.41, 5.74) is 0. The average molecular weight is 403 g/mol. The van der Waals surface area contributed by atoms with Gasteiger partial charge in [-0.1, -0.05) is 19.2 Å². The maximum absolute atomic E-state index is 3.79. The molecule has 1 aliphatic carbocycles. The van der Waals surface area contributed by atoms with E-state index in [1.54, 1.807) is 0 Å². The van der Waals surface area contributed by atoms with Crippen molar-refractivity contribution in [2.45, 2.75) is 25.6 Å². The Bertz CT molecular complexity index is 215. The second kappa shape index (κ2) is 10.6. The average Bonchev–Trinajstić information content (AvgIpc) is 2.37. The first-order valence-electron chi connectivity index (χ1n) is 4.05. The minimum absolute atomic E-state index is 0. The number of rotatable bonds is 3. The van der Waals surface area contributed by atoms with E-state index in [0.29, 0.717) is 0 Å². The number of allylic oxidation sites excluding steroid dienone is 5. The van der Waals surface area contributed by atoms with Gasteiger partial charge in [-0.25, -0.2) is 11.3 Å². The molecule has 0 radical (unpaired) electrons. The summed E-state index contributed by atoms with van der Waals surface area (Å²) in [6, 6.07) is 1.17. The van der Waals surface area contributed by atoms with Crippen molar-refractivity contribution >= 4 is 8.07 Å². The van der Waals surface area contributed by atoms with Gasteiger partial charge in [0.25, 0.3) is 0 Å². The molecule has 0 aliphatic heterocycles. The van der Waals surface area contributed by atoms with Gasteiger partial charge in [0.15, 0.2) is 0 Å². The van der Waals surface area contributed by atoms with Crippen LogP contribution in [-0.2, 0) is 21.1 Å². The van der Waals surface area contributed by atoms with Crippen molar-refractivity contribution in [2.75, 3.05) is 0 Å². The van der Waals surface area contributed by atoms with E-state index in [2.05, 4.69) is 37.9 Å². The van der Waals surface area contributed by atoms with Crippen LogP contribution in [0.2, 0.25) is 19.1 Å². The van der Waals surface area contributed by atoms with Crippen molar-refractivity contribution in [1.29, 1.82) is 0 Å². The molecule has 0 fully saturated rings. The van der Waals surface area contributed by atoms with E-state index >= 15 is 0 Å². The first kappa shape index (κ1) is 24.4. The van der Waals surface area contributed by atoms with Crippen LogP contribution in [0.15, 0.2) is 30.0 Å². The number of hydrogen-bond acceptors (Lipinski definition) is 0. The van der Waals surface area contributed by atoms with Crippen LogP contribution in [-0.4, -0.2) is 8.07 Å². The van der Waals surface area contributed by atoms with Crippen molar-refractivity contribution in [3.8, 4) is 0 Å². The molecule has 0 aromatic rings. The SMILES string of the molecule is C=CC[Si](C)(C)C1=[C-]CC=C1.[CH3-].[CH3-].[CH3-].[Pt+4]. The Morgan fingerprint density at radius 3 is 2.27 bits per heavy atom. The molecule has 0 aromatic carbocycles. The van der Waals surface area contributed by atoms with Crippen LogP contribution in [0.1, 0.15) is 6.42 Å². The molecule has 0 saturated carbocycles. The van der Waals surface area contributed by atoms with Crippen molar-refractivity contribution in [1.82, 2.24) is 0 Å². The third-order valence-corrected chi connectivity index (χ3v) is 5.19. The molecular weight excluding hydrogens is 379 g/mol. The summed E-state index contributed by atoms with van der Waals surface area (Å²) in [4.78, 5) is 0. The molecule has 1 rings (SSSR count). The van der Waals surface area contributed by atoms with Crippen LogP contribution in [0.3, 0.4) is 0 Å². The zero-order valence-electron chi connectivity index (χ0n) is 10.7. The van der Waals surface area contributed by atoms with Crippen molar-refractivity contribution in [3.63, 3.8) is 0 Å². The molecule has 0 nitrogen and oxygen atoms in total. The van der Waals surface area contributed by atoms with Gasteiger partial charge < -0.3 is 22.3 Å². The minimum atomic E-state index is -1.17. The summed E-state index contributed by atoms with van der Waals surface area (Å²) < 4.78 is 0. The van der Waals surface area contributed by atoms with E-state index in [1.165, 1.54) is 11.2 Å². The van der Waals surface area contributed by atoms with Gasteiger partial charge in [-0.2, -0.15) is 6.08 Å². The molecule has 0 heterocycles. The molecule has 0 saturated heterocycles. The molecule has 0 aromatic heterocycles. The van der Waals surface area contributed by atoms with Gasteiger partial charge in [0.1, 0.15) is 0 Å². The van der Waals surface area contributed by atoms with Gasteiger partial charge in [0.2, 0.25) is 0 Å². The third-order valence-electron chi connectivity index (χ3n) is 2.08. The molecule has 0 N–H and O–H groups in total. The van der Waals surface area contributed by atoms with Gasteiger partial charge >= 0.3 is 21.1 Å². The largest absolute Gasteiger partial charge is 4.00 e. The molecule has 0 amide bonds. The Kier molecular flexibility index (Phi) is 17.3. The van der Waals surface area contributed by atoms with Gasteiger partial charge in [-0.05, 0) is 6.04 Å². The minimum Gasteiger partial charge on any atom is -0.358 e. The summed E-state index contributed by atoms with van der Waals surface area (Å²) in [5.74, 6) is 0. The first-order valence-corrected chi connectivity index (χ1v) is 7.26. The number of hydrogen-bond donors (Lipinski definition) is 0. The molecule has 1 aliphatic rings.